The number of ether oxygens (including phenoxy) is 2. The predicted octanol–water partition coefficient (Wildman–Crippen LogP) is 11.0. The van der Waals surface area contributed by atoms with Crippen LogP contribution in [0.5, 0.6) is 0 Å². The number of carbonyl (C=O) groups is 2. The second kappa shape index (κ2) is 26.2. The van der Waals surface area contributed by atoms with Crippen LogP contribution >= 0.6 is 12.0 Å². The fourth-order valence-corrected chi connectivity index (χ4v) is 7.93. The first-order chi connectivity index (χ1) is 25.5. The van der Waals surface area contributed by atoms with Crippen molar-refractivity contribution in [2.24, 2.45) is 0 Å². The van der Waals surface area contributed by atoms with Crippen LogP contribution in [0, 0.1) is 6.92 Å². The van der Waals surface area contributed by atoms with Gasteiger partial charge in [0.15, 0.2) is 14.7 Å². The van der Waals surface area contributed by atoms with Crippen LogP contribution in [0.3, 0.4) is 0 Å². The third-order valence-corrected chi connectivity index (χ3v) is 11.0. The minimum absolute atomic E-state index is 0.0229. The highest BCUT2D eigenvalue weighted by molar-refractivity contribution is 7.97. The molecule has 4 rings (SSSR count). The minimum Gasteiger partial charge on any atom is -0.691 e. The van der Waals surface area contributed by atoms with Gasteiger partial charge < -0.3 is 14.7 Å². The number of hydrogen-bond donors (Lipinski definition) is 0. The van der Waals surface area contributed by atoms with Crippen molar-refractivity contribution in [3.63, 3.8) is 0 Å². The maximum atomic E-state index is 12.4. The number of esters is 2. The largest absolute Gasteiger partial charge is 0.691 e. The lowest BCUT2D eigenvalue weighted by atomic mass is 10.1. The van der Waals surface area contributed by atoms with Crippen LogP contribution in [0.15, 0.2) is 123 Å². The van der Waals surface area contributed by atoms with E-state index in [1.807, 2.05) is 0 Å². The molecular weight excluding hydrogens is 693 g/mol. The fraction of sp³-hybridized carbons (Fsp3) is 0.395. The zero-order valence-corrected chi connectivity index (χ0v) is 32.5. The third kappa shape index (κ3) is 16.4. The molecule has 0 fully saturated rings. The molecule has 0 radical (unpaired) electrons. The van der Waals surface area contributed by atoms with E-state index in [1.54, 1.807) is 0 Å². The molecule has 0 heterocycles. The first-order valence-corrected chi connectivity index (χ1v) is 20.5. The Hall–Kier alpha value is -3.60. The van der Waals surface area contributed by atoms with Gasteiger partial charge in [-0.2, -0.15) is 4.33 Å². The molecule has 0 amide bonds. The van der Waals surface area contributed by atoms with Gasteiger partial charge in [0.05, 0.1) is 47.3 Å². The van der Waals surface area contributed by atoms with E-state index in [0.717, 1.165) is 38.5 Å². The summed E-state index contributed by atoms with van der Waals surface area (Å²) in [6, 6.07) is 34.8. The summed E-state index contributed by atoms with van der Waals surface area (Å²) in [5.41, 5.74) is 1.70. The Kier molecular flexibility index (Phi) is 21.6. The lowest BCUT2D eigenvalue weighted by Crippen LogP contribution is -2.11. The van der Waals surface area contributed by atoms with Crippen LogP contribution in [-0.4, -0.2) is 25.2 Å². The number of benzene rings is 4. The van der Waals surface area contributed by atoms with E-state index in [0.29, 0.717) is 30.2 Å². The number of carbonyl (C=O) groups excluding carboxylic acids is 2. The first-order valence-electron chi connectivity index (χ1n) is 18.5. The summed E-state index contributed by atoms with van der Waals surface area (Å²) in [7, 11) is -0.0229. The van der Waals surface area contributed by atoms with Gasteiger partial charge in [-0.05, 0) is 74.4 Å². The monoisotopic (exact) mass is 746 g/mol. The number of unbranched alkanes of at least 4 members (excludes halogenated alkanes) is 10. The lowest BCUT2D eigenvalue weighted by molar-refractivity contribution is -0.777. The molecule has 0 atom stereocenters. The SMILES string of the molecule is CCCCCCCCOC(=O)c1cc(SOO[O-])cc(C(=O)OCCCCCCCC)c1.Cc1ccc([S+](c2ccccc2)c2ccccc2)cc1. The predicted molar refractivity (Wildman–Crippen MR) is 208 cm³/mol. The van der Waals surface area contributed by atoms with Gasteiger partial charge in [0.1, 0.15) is 0 Å². The average Bonchev–Trinajstić information content (AvgIpc) is 3.18. The lowest BCUT2D eigenvalue weighted by Gasteiger charge is -2.10. The number of aryl methyl sites for hydroxylation is 1. The number of rotatable bonds is 22. The Bertz CT molecular complexity index is 1460. The van der Waals surface area contributed by atoms with Crippen LogP contribution in [0.2, 0.25) is 0 Å². The van der Waals surface area contributed by atoms with E-state index in [2.05, 4.69) is 115 Å². The average molecular weight is 747 g/mol. The molecule has 0 bridgehead atoms. The second-order valence-corrected chi connectivity index (χ2v) is 15.3. The molecule has 0 saturated heterocycles. The molecule has 0 aliphatic rings. The Morgan fingerprint density at radius 1 is 0.577 bits per heavy atom. The summed E-state index contributed by atoms with van der Waals surface area (Å²) < 4.78 is 15.0. The smallest absolute Gasteiger partial charge is 0.338 e. The van der Waals surface area contributed by atoms with Crippen LogP contribution in [-0.2, 0) is 29.7 Å². The Morgan fingerprint density at radius 3 is 1.44 bits per heavy atom. The molecule has 0 spiro atoms. The molecule has 4 aromatic carbocycles. The highest BCUT2D eigenvalue weighted by Crippen LogP contribution is 2.31. The summed E-state index contributed by atoms with van der Waals surface area (Å²) in [4.78, 5) is 29.4. The zero-order chi connectivity index (χ0) is 37.2. The maximum Gasteiger partial charge on any atom is 0.338 e. The molecule has 0 aliphatic heterocycles. The van der Waals surface area contributed by atoms with Crippen molar-refractivity contribution in [1.29, 1.82) is 0 Å². The molecular formula is C43H54O7S2. The summed E-state index contributed by atoms with van der Waals surface area (Å²) in [5.74, 6) is -1.07. The van der Waals surface area contributed by atoms with Crippen LogP contribution in [0.4, 0.5) is 0 Å². The standard InChI is InChI=1S/C24H38O7S.C19H17S/c1-3-5-7-9-11-13-15-28-23(25)20-17-21(19-22(18-20)32-31-30-27)24(26)29-16-14-12-10-8-6-4-2;1-16-12-14-19(15-13-16)20(17-8-4-2-5-9-17)18-10-6-3-7-11-18/h17-19,27H,3-16H2,1-2H3;2-15H,1H3/q;+1/p-1. The van der Waals surface area contributed by atoms with Crippen molar-refractivity contribution in [2.45, 2.75) is 117 Å². The van der Waals surface area contributed by atoms with Gasteiger partial charge in [-0.3, -0.25) is 5.04 Å². The minimum atomic E-state index is -0.533. The molecule has 280 valence electrons. The molecule has 0 aromatic heterocycles. The summed E-state index contributed by atoms with van der Waals surface area (Å²) in [5, 5.41) is 13.5. The summed E-state index contributed by atoms with van der Waals surface area (Å²) in [6.45, 7) is 7.11. The van der Waals surface area contributed by atoms with Crippen LogP contribution in [0.25, 0.3) is 0 Å². The van der Waals surface area contributed by atoms with E-state index in [9.17, 15) is 14.8 Å². The van der Waals surface area contributed by atoms with Crippen LogP contribution < -0.4 is 5.26 Å². The highest BCUT2D eigenvalue weighted by Gasteiger charge is 2.27. The summed E-state index contributed by atoms with van der Waals surface area (Å²) >= 11 is 0.612. The van der Waals surface area contributed by atoms with E-state index >= 15 is 0 Å². The Morgan fingerprint density at radius 2 is 1.00 bits per heavy atom. The highest BCUT2D eigenvalue weighted by atomic mass is 32.2. The van der Waals surface area contributed by atoms with E-state index in [4.69, 9.17) is 9.47 Å². The van der Waals surface area contributed by atoms with Crippen molar-refractivity contribution in [1.82, 2.24) is 0 Å². The first kappa shape index (κ1) is 42.8. The van der Waals surface area contributed by atoms with E-state index in [-0.39, 0.29) is 22.0 Å². The molecule has 0 unspecified atom stereocenters. The molecule has 9 heteroatoms. The molecule has 4 aromatic rings. The van der Waals surface area contributed by atoms with Gasteiger partial charge in [0.25, 0.3) is 0 Å². The maximum absolute atomic E-state index is 12.4. The van der Waals surface area contributed by atoms with Crippen LogP contribution in [0.1, 0.15) is 117 Å². The van der Waals surface area contributed by atoms with Crippen molar-refractivity contribution in [2.75, 3.05) is 13.2 Å². The topological polar surface area (TPSA) is 94.1 Å². The normalized spacial score (nSPS) is 10.8. The molecule has 0 saturated carbocycles. The van der Waals surface area contributed by atoms with Crippen molar-refractivity contribution < 1.29 is 33.7 Å². The van der Waals surface area contributed by atoms with Gasteiger partial charge in [-0.25, -0.2) is 9.59 Å². The molecule has 7 nitrogen and oxygen atoms in total. The van der Waals surface area contributed by atoms with Gasteiger partial charge in [0.2, 0.25) is 0 Å². The van der Waals surface area contributed by atoms with Crippen molar-refractivity contribution in [3.8, 4) is 0 Å². The third-order valence-electron chi connectivity index (χ3n) is 8.21. The van der Waals surface area contributed by atoms with Gasteiger partial charge in [-0.15, -0.1) is 0 Å². The van der Waals surface area contributed by atoms with Gasteiger partial charge in [-0.1, -0.05) is 132 Å². The van der Waals surface area contributed by atoms with E-state index in [1.165, 1.54) is 77.0 Å². The Balaban J connectivity index is 0.000000309. The zero-order valence-electron chi connectivity index (χ0n) is 30.9. The fourth-order valence-electron chi connectivity index (χ4n) is 5.39. The number of hydrogen-bond acceptors (Lipinski definition) is 8. The molecule has 0 N–H and O–H groups in total. The van der Waals surface area contributed by atoms with Crippen molar-refractivity contribution >= 4 is 34.9 Å². The molecule has 52 heavy (non-hydrogen) atoms. The van der Waals surface area contributed by atoms with Gasteiger partial charge >= 0.3 is 11.9 Å². The second-order valence-electron chi connectivity index (χ2n) is 12.5. The summed E-state index contributed by atoms with van der Waals surface area (Å²) in [6.07, 6.45) is 13.1. The van der Waals surface area contributed by atoms with Crippen molar-refractivity contribution in [3.05, 3.63) is 120 Å². The van der Waals surface area contributed by atoms with E-state index < -0.39 is 11.9 Å². The quantitative estimate of drug-likeness (QED) is 0.0196. The molecule has 0 aliphatic carbocycles. The van der Waals surface area contributed by atoms with Gasteiger partial charge in [0, 0.05) is 4.90 Å². The Labute approximate surface area is 317 Å².